The first-order valence-corrected chi connectivity index (χ1v) is 9.96. The largest absolute Gasteiger partial charge is 0.445 e. The van der Waals surface area contributed by atoms with Gasteiger partial charge in [0.2, 0.25) is 0 Å². The summed E-state index contributed by atoms with van der Waals surface area (Å²) in [5, 5.41) is 0. The minimum Gasteiger partial charge on any atom is -0.445 e. The fourth-order valence-electron chi connectivity index (χ4n) is 3.45. The van der Waals surface area contributed by atoms with Gasteiger partial charge < -0.3 is 19.3 Å². The Kier molecular flexibility index (Phi) is 6.44. The lowest BCUT2D eigenvalue weighted by atomic mass is 10.00. The highest BCUT2D eigenvalue weighted by Gasteiger charge is 2.35. The summed E-state index contributed by atoms with van der Waals surface area (Å²) in [6.45, 7) is 11.4. The predicted molar refractivity (Wildman–Crippen MR) is 106 cm³/mol. The van der Waals surface area contributed by atoms with Crippen LogP contribution in [0.15, 0.2) is 30.3 Å². The number of likely N-dealkylation sites (tertiary alicyclic amines) is 1. The van der Waals surface area contributed by atoms with Crippen LogP contribution in [0.1, 0.15) is 26.3 Å². The van der Waals surface area contributed by atoms with Gasteiger partial charge in [0.15, 0.2) is 0 Å². The molecule has 0 radical (unpaired) electrons. The molecule has 1 aromatic carbocycles. The van der Waals surface area contributed by atoms with Gasteiger partial charge in [-0.05, 0) is 26.3 Å². The van der Waals surface area contributed by atoms with E-state index in [0.29, 0.717) is 25.6 Å². The maximum absolute atomic E-state index is 12.2. The number of ether oxygens (including phenoxy) is 2. The van der Waals surface area contributed by atoms with E-state index >= 15 is 0 Å². The zero-order valence-electron chi connectivity index (χ0n) is 17.1. The van der Waals surface area contributed by atoms with Crippen LogP contribution in [0.5, 0.6) is 0 Å². The second kappa shape index (κ2) is 8.82. The monoisotopic (exact) mass is 389 g/mol. The number of hydrogen-bond acceptors (Lipinski definition) is 5. The highest BCUT2D eigenvalue weighted by Crippen LogP contribution is 2.21. The van der Waals surface area contributed by atoms with Gasteiger partial charge in [0.25, 0.3) is 0 Å². The minimum absolute atomic E-state index is 0.227. The van der Waals surface area contributed by atoms with Gasteiger partial charge in [-0.2, -0.15) is 0 Å². The summed E-state index contributed by atoms with van der Waals surface area (Å²) in [4.78, 5) is 30.1. The molecule has 2 heterocycles. The average molecular weight is 389 g/mol. The van der Waals surface area contributed by atoms with Crippen molar-refractivity contribution in [3.8, 4) is 0 Å². The van der Waals surface area contributed by atoms with Gasteiger partial charge in [0.1, 0.15) is 12.2 Å². The van der Waals surface area contributed by atoms with Crippen LogP contribution in [0.3, 0.4) is 0 Å². The van der Waals surface area contributed by atoms with E-state index in [9.17, 15) is 9.59 Å². The molecule has 1 aromatic rings. The number of amides is 2. The Bertz CT molecular complexity index is 660. The Labute approximate surface area is 167 Å². The lowest BCUT2D eigenvalue weighted by molar-refractivity contribution is -0.00938. The van der Waals surface area contributed by atoms with Crippen LogP contribution in [0, 0.1) is 5.92 Å². The number of benzene rings is 1. The minimum atomic E-state index is -0.451. The quantitative estimate of drug-likeness (QED) is 0.792. The average Bonchev–Trinajstić information content (AvgIpc) is 2.62. The first kappa shape index (κ1) is 20.5. The molecule has 2 saturated heterocycles. The summed E-state index contributed by atoms with van der Waals surface area (Å²) in [7, 11) is 0. The second-order valence-corrected chi connectivity index (χ2v) is 8.58. The maximum atomic E-state index is 12.2. The van der Waals surface area contributed by atoms with Crippen LogP contribution in [0.4, 0.5) is 9.59 Å². The Morgan fingerprint density at radius 3 is 2.21 bits per heavy atom. The fraction of sp³-hybridized carbons (Fsp3) is 0.619. The lowest BCUT2D eigenvalue weighted by Gasteiger charge is -2.43. The number of carbonyl (C=O) groups excluding carboxylic acids is 2. The van der Waals surface area contributed by atoms with E-state index < -0.39 is 5.60 Å². The molecule has 7 heteroatoms. The molecule has 7 nitrogen and oxygen atoms in total. The van der Waals surface area contributed by atoms with Gasteiger partial charge in [-0.25, -0.2) is 9.59 Å². The SMILES string of the molecule is CC(C)(C)OC(=O)N1CC(CN2CCN(C(=O)OCc3ccccc3)CC2)C1. The summed E-state index contributed by atoms with van der Waals surface area (Å²) in [5.41, 5.74) is 0.544. The van der Waals surface area contributed by atoms with Crippen molar-refractivity contribution in [3.05, 3.63) is 35.9 Å². The summed E-state index contributed by atoms with van der Waals surface area (Å²) < 4.78 is 10.8. The molecule has 0 N–H and O–H groups in total. The van der Waals surface area contributed by atoms with Crippen molar-refractivity contribution in [1.82, 2.24) is 14.7 Å². The third-order valence-electron chi connectivity index (χ3n) is 4.96. The normalized spacial score (nSPS) is 18.5. The molecule has 0 spiro atoms. The summed E-state index contributed by atoms with van der Waals surface area (Å²) in [6.07, 6.45) is -0.474. The highest BCUT2D eigenvalue weighted by molar-refractivity contribution is 5.69. The Morgan fingerprint density at radius 1 is 0.964 bits per heavy atom. The van der Waals surface area contributed by atoms with Gasteiger partial charge >= 0.3 is 12.2 Å². The first-order valence-electron chi connectivity index (χ1n) is 9.96. The smallest absolute Gasteiger partial charge is 0.410 e. The van der Waals surface area contributed by atoms with E-state index in [1.165, 1.54) is 0 Å². The van der Waals surface area contributed by atoms with Crippen LogP contribution in [-0.2, 0) is 16.1 Å². The fourth-order valence-corrected chi connectivity index (χ4v) is 3.45. The molecule has 2 amide bonds. The topological polar surface area (TPSA) is 62.3 Å². The van der Waals surface area contributed by atoms with E-state index in [2.05, 4.69) is 4.90 Å². The van der Waals surface area contributed by atoms with Crippen molar-refractivity contribution in [3.63, 3.8) is 0 Å². The Hall–Kier alpha value is -2.28. The molecule has 2 fully saturated rings. The lowest BCUT2D eigenvalue weighted by Crippen LogP contribution is -2.57. The molecule has 28 heavy (non-hydrogen) atoms. The van der Waals surface area contributed by atoms with E-state index in [4.69, 9.17) is 9.47 Å². The first-order chi connectivity index (χ1) is 13.3. The van der Waals surface area contributed by atoms with Gasteiger partial charge in [-0.1, -0.05) is 30.3 Å². The van der Waals surface area contributed by atoms with Gasteiger partial charge in [-0.15, -0.1) is 0 Å². The van der Waals surface area contributed by atoms with Crippen molar-refractivity contribution >= 4 is 12.2 Å². The standard InChI is InChI=1S/C21H31N3O4/c1-21(2,3)28-20(26)24-14-18(15-24)13-22-9-11-23(12-10-22)19(25)27-16-17-7-5-4-6-8-17/h4-8,18H,9-16H2,1-3H3. The molecule has 0 saturated carbocycles. The molecule has 0 bridgehead atoms. The van der Waals surface area contributed by atoms with Crippen molar-refractivity contribution in [1.29, 1.82) is 0 Å². The van der Waals surface area contributed by atoms with Crippen molar-refractivity contribution in [2.75, 3.05) is 45.8 Å². The van der Waals surface area contributed by atoms with E-state index in [0.717, 1.165) is 38.3 Å². The molecule has 0 aliphatic carbocycles. The molecular weight excluding hydrogens is 358 g/mol. The molecular formula is C21H31N3O4. The molecule has 0 atom stereocenters. The number of nitrogens with zero attached hydrogens (tertiary/aromatic N) is 3. The highest BCUT2D eigenvalue weighted by atomic mass is 16.6. The molecule has 0 aromatic heterocycles. The Balaban J connectivity index is 1.32. The number of piperazine rings is 1. The maximum Gasteiger partial charge on any atom is 0.410 e. The summed E-state index contributed by atoms with van der Waals surface area (Å²) in [6, 6.07) is 9.72. The van der Waals surface area contributed by atoms with Crippen LogP contribution < -0.4 is 0 Å². The third-order valence-corrected chi connectivity index (χ3v) is 4.96. The zero-order valence-corrected chi connectivity index (χ0v) is 17.1. The molecule has 2 aliphatic rings. The predicted octanol–water partition coefficient (Wildman–Crippen LogP) is 2.81. The number of rotatable bonds is 4. The molecule has 2 aliphatic heterocycles. The summed E-state index contributed by atoms with van der Waals surface area (Å²) in [5.74, 6) is 0.476. The van der Waals surface area contributed by atoms with Crippen LogP contribution in [0.2, 0.25) is 0 Å². The van der Waals surface area contributed by atoms with Crippen molar-refractivity contribution in [2.45, 2.75) is 33.0 Å². The van der Waals surface area contributed by atoms with E-state index in [1.54, 1.807) is 9.80 Å². The van der Waals surface area contributed by atoms with E-state index in [-0.39, 0.29) is 12.2 Å². The molecule has 154 valence electrons. The van der Waals surface area contributed by atoms with Crippen molar-refractivity contribution in [2.24, 2.45) is 5.92 Å². The van der Waals surface area contributed by atoms with Crippen LogP contribution in [-0.4, -0.2) is 78.3 Å². The Morgan fingerprint density at radius 2 is 1.61 bits per heavy atom. The number of carbonyl (C=O) groups is 2. The van der Waals surface area contributed by atoms with Gasteiger partial charge in [-0.3, -0.25) is 4.90 Å². The third kappa shape index (κ3) is 5.86. The van der Waals surface area contributed by atoms with Crippen molar-refractivity contribution < 1.29 is 19.1 Å². The second-order valence-electron chi connectivity index (χ2n) is 8.58. The molecule has 3 rings (SSSR count). The van der Waals surface area contributed by atoms with Crippen LogP contribution >= 0.6 is 0 Å². The van der Waals surface area contributed by atoms with Gasteiger partial charge in [0.05, 0.1) is 0 Å². The number of hydrogen-bond donors (Lipinski definition) is 0. The van der Waals surface area contributed by atoms with E-state index in [1.807, 2.05) is 51.1 Å². The molecule has 0 unspecified atom stereocenters. The summed E-state index contributed by atoms with van der Waals surface area (Å²) >= 11 is 0. The van der Waals surface area contributed by atoms with Gasteiger partial charge in [0, 0.05) is 51.7 Å². The van der Waals surface area contributed by atoms with Crippen LogP contribution in [0.25, 0.3) is 0 Å². The zero-order chi connectivity index (χ0) is 20.1.